The molecule has 0 aliphatic rings. The van der Waals surface area contributed by atoms with Gasteiger partial charge in [-0.2, -0.15) is 0 Å². The van der Waals surface area contributed by atoms with Crippen molar-refractivity contribution in [3.05, 3.63) is 28.8 Å². The summed E-state index contributed by atoms with van der Waals surface area (Å²) in [7, 11) is 0. The van der Waals surface area contributed by atoms with Crippen molar-refractivity contribution >= 4 is 33.3 Å². The highest BCUT2D eigenvalue weighted by molar-refractivity contribution is 9.09. The van der Waals surface area contributed by atoms with Crippen LogP contribution in [0, 0.1) is 0 Å². The molecule has 0 saturated heterocycles. The van der Waals surface area contributed by atoms with Gasteiger partial charge in [-0.15, -0.1) is 0 Å². The van der Waals surface area contributed by atoms with E-state index in [0.29, 0.717) is 11.8 Å². The maximum Gasteiger partial charge on any atom is 0.167 e. The fourth-order valence-corrected chi connectivity index (χ4v) is 1.50. The van der Waals surface area contributed by atoms with Crippen LogP contribution in [-0.2, 0) is 0 Å². The lowest BCUT2D eigenvalue weighted by Gasteiger charge is -2.03. The number of carbonyl (C=O) groups is 1. The molecule has 0 radical (unpaired) electrons. The van der Waals surface area contributed by atoms with E-state index in [2.05, 4.69) is 15.9 Å². The first kappa shape index (κ1) is 10.5. The van der Waals surface area contributed by atoms with Gasteiger partial charge < -0.3 is 5.11 Å². The van der Waals surface area contributed by atoms with Crippen LogP contribution in [0.3, 0.4) is 0 Å². The van der Waals surface area contributed by atoms with E-state index in [9.17, 15) is 9.90 Å². The van der Waals surface area contributed by atoms with E-state index in [1.165, 1.54) is 0 Å². The van der Waals surface area contributed by atoms with Gasteiger partial charge in [-0.25, -0.2) is 0 Å². The van der Waals surface area contributed by atoms with Gasteiger partial charge in [0.15, 0.2) is 5.78 Å². The van der Waals surface area contributed by atoms with Gasteiger partial charge in [-0.3, -0.25) is 4.79 Å². The smallest absolute Gasteiger partial charge is 0.167 e. The van der Waals surface area contributed by atoms with Crippen molar-refractivity contribution in [2.45, 2.75) is 6.42 Å². The van der Waals surface area contributed by atoms with E-state index in [-0.39, 0.29) is 22.1 Å². The Morgan fingerprint density at radius 2 is 2.23 bits per heavy atom. The third-order valence-electron chi connectivity index (χ3n) is 1.61. The van der Waals surface area contributed by atoms with E-state index in [4.69, 9.17) is 11.6 Å². The molecule has 4 heteroatoms. The molecule has 0 saturated carbocycles. The first-order valence-electron chi connectivity index (χ1n) is 3.73. The predicted octanol–water partition coefficient (Wildman–Crippen LogP) is 3.01. The summed E-state index contributed by atoms with van der Waals surface area (Å²) in [5, 5.41) is 10.2. The Bertz CT molecular complexity index is 325. The highest BCUT2D eigenvalue weighted by Crippen LogP contribution is 2.27. The number of benzene rings is 1. The highest BCUT2D eigenvalue weighted by Gasteiger charge is 2.11. The minimum atomic E-state index is -0.130. The minimum Gasteiger partial charge on any atom is -0.506 e. The molecule has 0 aliphatic heterocycles. The number of hydrogen-bond donors (Lipinski definition) is 1. The van der Waals surface area contributed by atoms with Gasteiger partial charge in [0, 0.05) is 11.8 Å². The van der Waals surface area contributed by atoms with Gasteiger partial charge in [0.2, 0.25) is 0 Å². The maximum absolute atomic E-state index is 11.4. The number of hydrogen-bond acceptors (Lipinski definition) is 2. The molecule has 0 heterocycles. The second kappa shape index (κ2) is 4.63. The number of para-hydroxylation sites is 1. The molecule has 0 amide bonds. The van der Waals surface area contributed by atoms with Crippen LogP contribution in [0.4, 0.5) is 0 Å². The van der Waals surface area contributed by atoms with Crippen LogP contribution in [0.5, 0.6) is 5.75 Å². The van der Waals surface area contributed by atoms with Crippen LogP contribution in [0.25, 0.3) is 0 Å². The molecule has 2 nitrogen and oxygen atoms in total. The molecule has 0 fully saturated rings. The molecule has 0 aromatic heterocycles. The molecule has 0 aliphatic carbocycles. The van der Waals surface area contributed by atoms with Crippen molar-refractivity contribution in [3.63, 3.8) is 0 Å². The normalized spacial score (nSPS) is 10.0. The predicted molar refractivity (Wildman–Crippen MR) is 55.9 cm³/mol. The van der Waals surface area contributed by atoms with Gasteiger partial charge >= 0.3 is 0 Å². The Morgan fingerprint density at radius 3 is 2.85 bits per heavy atom. The summed E-state index contributed by atoms with van der Waals surface area (Å²) in [4.78, 5) is 11.4. The second-order valence-electron chi connectivity index (χ2n) is 2.50. The Morgan fingerprint density at radius 1 is 1.54 bits per heavy atom. The van der Waals surface area contributed by atoms with E-state index >= 15 is 0 Å². The molecular weight excluding hydrogens is 255 g/mol. The lowest BCUT2D eigenvalue weighted by atomic mass is 10.1. The quantitative estimate of drug-likeness (QED) is 0.672. The monoisotopic (exact) mass is 262 g/mol. The molecule has 1 N–H and O–H groups in total. The third kappa shape index (κ3) is 2.45. The van der Waals surface area contributed by atoms with Crippen LogP contribution in [0.2, 0.25) is 5.02 Å². The first-order chi connectivity index (χ1) is 6.16. The summed E-state index contributed by atoms with van der Waals surface area (Å²) in [5.74, 6) is -0.244. The SMILES string of the molecule is O=C(CCBr)c1cccc(Cl)c1O. The number of alkyl halides is 1. The van der Waals surface area contributed by atoms with Crippen molar-refractivity contribution in [2.24, 2.45) is 0 Å². The van der Waals surface area contributed by atoms with Crippen LogP contribution < -0.4 is 0 Å². The van der Waals surface area contributed by atoms with Crippen molar-refractivity contribution in [1.82, 2.24) is 0 Å². The van der Waals surface area contributed by atoms with Gasteiger partial charge in [-0.05, 0) is 12.1 Å². The van der Waals surface area contributed by atoms with Crippen LogP contribution in [0.15, 0.2) is 18.2 Å². The lowest BCUT2D eigenvalue weighted by Crippen LogP contribution is -1.99. The van der Waals surface area contributed by atoms with Crippen molar-refractivity contribution in [3.8, 4) is 5.75 Å². The van der Waals surface area contributed by atoms with Gasteiger partial charge in [0.05, 0.1) is 10.6 Å². The molecule has 1 aromatic rings. The first-order valence-corrected chi connectivity index (χ1v) is 5.23. The number of carbonyl (C=O) groups excluding carboxylic acids is 1. The summed E-state index contributed by atoms with van der Waals surface area (Å²) in [6.45, 7) is 0. The maximum atomic E-state index is 11.4. The largest absolute Gasteiger partial charge is 0.506 e. The number of halogens is 2. The van der Waals surface area contributed by atoms with Crippen LogP contribution >= 0.6 is 27.5 Å². The summed E-state index contributed by atoms with van der Waals surface area (Å²) in [6, 6.07) is 4.75. The molecule has 1 aromatic carbocycles. The zero-order valence-corrected chi connectivity index (χ0v) is 9.10. The third-order valence-corrected chi connectivity index (χ3v) is 2.31. The number of phenolic OH excluding ortho intramolecular Hbond substituents is 1. The molecule has 0 unspecified atom stereocenters. The summed E-state index contributed by atoms with van der Waals surface area (Å²) < 4.78 is 0. The van der Waals surface area contributed by atoms with Crippen molar-refractivity contribution in [2.75, 3.05) is 5.33 Å². The Hall–Kier alpha value is -0.540. The lowest BCUT2D eigenvalue weighted by molar-refractivity contribution is 0.0987. The number of ketones is 1. The highest BCUT2D eigenvalue weighted by atomic mass is 79.9. The van der Waals surface area contributed by atoms with Gasteiger partial charge in [0.25, 0.3) is 0 Å². The molecule has 1 rings (SSSR count). The van der Waals surface area contributed by atoms with Crippen LogP contribution in [0.1, 0.15) is 16.8 Å². The Balaban J connectivity index is 3.01. The molecule has 0 atom stereocenters. The van der Waals surface area contributed by atoms with Crippen LogP contribution in [-0.4, -0.2) is 16.2 Å². The average molecular weight is 264 g/mol. The standard InChI is InChI=1S/C9H8BrClO2/c10-5-4-8(12)6-2-1-3-7(11)9(6)13/h1-3,13H,4-5H2. The van der Waals surface area contributed by atoms with E-state index in [0.717, 1.165) is 0 Å². The number of aromatic hydroxyl groups is 1. The Labute approximate surface area is 89.7 Å². The van der Waals surface area contributed by atoms with E-state index in [1.54, 1.807) is 18.2 Å². The second-order valence-corrected chi connectivity index (χ2v) is 3.70. The average Bonchev–Trinajstić information content (AvgIpc) is 2.10. The number of phenols is 1. The minimum absolute atomic E-state index is 0.114. The van der Waals surface area contributed by atoms with Crippen molar-refractivity contribution < 1.29 is 9.90 Å². The summed E-state index contributed by atoms with van der Waals surface area (Å²) >= 11 is 8.80. The fourth-order valence-electron chi connectivity index (χ4n) is 0.961. The molecule has 70 valence electrons. The fraction of sp³-hybridized carbons (Fsp3) is 0.222. The molecule has 0 bridgehead atoms. The Kier molecular flexibility index (Phi) is 3.75. The van der Waals surface area contributed by atoms with Gasteiger partial charge in [-0.1, -0.05) is 33.6 Å². The zero-order chi connectivity index (χ0) is 9.84. The number of rotatable bonds is 3. The molecule has 13 heavy (non-hydrogen) atoms. The molecule has 0 spiro atoms. The topological polar surface area (TPSA) is 37.3 Å². The van der Waals surface area contributed by atoms with Gasteiger partial charge in [0.1, 0.15) is 5.75 Å². The molecular formula is C9H8BrClO2. The summed E-state index contributed by atoms with van der Waals surface area (Å²) in [5.41, 5.74) is 0.284. The van der Waals surface area contributed by atoms with E-state index < -0.39 is 0 Å². The summed E-state index contributed by atoms with van der Waals surface area (Å²) in [6.07, 6.45) is 0.355. The zero-order valence-electron chi connectivity index (χ0n) is 6.76. The van der Waals surface area contributed by atoms with Crippen molar-refractivity contribution in [1.29, 1.82) is 0 Å². The number of Topliss-reactive ketones (excluding diaryl/α,β-unsaturated/α-hetero) is 1. The van der Waals surface area contributed by atoms with E-state index in [1.807, 2.05) is 0 Å².